The first-order chi connectivity index (χ1) is 16.1. The van der Waals surface area contributed by atoms with Crippen molar-refractivity contribution < 1.29 is 22.7 Å². The summed E-state index contributed by atoms with van der Waals surface area (Å²) >= 11 is 6.25. The van der Waals surface area contributed by atoms with Crippen molar-refractivity contribution in [3.05, 3.63) is 88.4 Å². The number of nitrogens with zero attached hydrogens (tertiary/aromatic N) is 1. The van der Waals surface area contributed by atoms with Gasteiger partial charge in [0.2, 0.25) is 5.91 Å². The number of hydrogen-bond donors (Lipinski definition) is 1. The molecule has 0 aromatic heterocycles. The normalized spacial score (nSPS) is 11.1. The third-order valence-corrected chi connectivity index (χ3v) is 7.08. The van der Waals surface area contributed by atoms with Gasteiger partial charge in [-0.25, -0.2) is 13.2 Å². The van der Waals surface area contributed by atoms with Crippen molar-refractivity contribution in [1.82, 2.24) is 0 Å². The Labute approximate surface area is 204 Å². The average molecular weight is 501 g/mol. The number of sulfonamides is 1. The molecule has 0 saturated carbocycles. The molecule has 0 aliphatic rings. The minimum Gasteiger partial charge on any atom is -0.462 e. The third-order valence-electron chi connectivity index (χ3n) is 4.99. The van der Waals surface area contributed by atoms with Crippen LogP contribution in [0.4, 0.5) is 11.4 Å². The molecule has 0 heterocycles. The van der Waals surface area contributed by atoms with Crippen molar-refractivity contribution in [2.24, 2.45) is 0 Å². The molecule has 0 unspecified atom stereocenters. The molecule has 3 aromatic rings. The Hall–Kier alpha value is -3.36. The van der Waals surface area contributed by atoms with Gasteiger partial charge in [-0.15, -0.1) is 0 Å². The van der Waals surface area contributed by atoms with E-state index in [-0.39, 0.29) is 27.8 Å². The number of amides is 1. The van der Waals surface area contributed by atoms with E-state index in [9.17, 15) is 18.0 Å². The summed E-state index contributed by atoms with van der Waals surface area (Å²) in [6, 6.07) is 17.6. The van der Waals surface area contributed by atoms with Crippen LogP contribution in [0.15, 0.2) is 71.6 Å². The van der Waals surface area contributed by atoms with Crippen molar-refractivity contribution in [3.8, 4) is 0 Å². The van der Waals surface area contributed by atoms with Crippen LogP contribution in [-0.2, 0) is 19.6 Å². The first-order valence-electron chi connectivity index (χ1n) is 10.5. The second kappa shape index (κ2) is 10.7. The Kier molecular flexibility index (Phi) is 7.96. The summed E-state index contributed by atoms with van der Waals surface area (Å²) in [6.45, 7) is 5.13. The zero-order valence-corrected chi connectivity index (χ0v) is 20.6. The van der Waals surface area contributed by atoms with E-state index < -0.39 is 28.4 Å². The second-order valence-corrected chi connectivity index (χ2v) is 9.85. The molecular weight excluding hydrogens is 476 g/mol. The first kappa shape index (κ1) is 25.3. The fourth-order valence-electron chi connectivity index (χ4n) is 3.38. The largest absolute Gasteiger partial charge is 0.462 e. The van der Waals surface area contributed by atoms with E-state index in [4.69, 9.17) is 16.3 Å². The Morgan fingerprint density at radius 2 is 1.71 bits per heavy atom. The molecular formula is C25H25ClN2O5S. The smallest absolute Gasteiger partial charge is 0.338 e. The summed E-state index contributed by atoms with van der Waals surface area (Å²) in [5.41, 5.74) is 2.57. The number of benzene rings is 3. The number of anilines is 2. The SMILES string of the molecule is CCOC(=O)c1ccc(NC(=O)CN(c2ccc(C)cc2C)S(=O)(=O)c2ccccc2)c(Cl)c1. The summed E-state index contributed by atoms with van der Waals surface area (Å²) in [4.78, 5) is 24.9. The Morgan fingerprint density at radius 3 is 2.32 bits per heavy atom. The number of carbonyl (C=O) groups is 2. The fourth-order valence-corrected chi connectivity index (χ4v) is 5.12. The quantitative estimate of drug-likeness (QED) is 0.441. The lowest BCUT2D eigenvalue weighted by molar-refractivity contribution is -0.114. The highest BCUT2D eigenvalue weighted by atomic mass is 35.5. The number of halogens is 1. The van der Waals surface area contributed by atoms with Crippen LogP contribution in [0, 0.1) is 13.8 Å². The Balaban J connectivity index is 1.91. The van der Waals surface area contributed by atoms with E-state index in [0.717, 1.165) is 9.87 Å². The van der Waals surface area contributed by atoms with Gasteiger partial charge in [-0.2, -0.15) is 0 Å². The lowest BCUT2D eigenvalue weighted by atomic mass is 10.1. The molecule has 0 spiro atoms. The summed E-state index contributed by atoms with van der Waals surface area (Å²) in [5.74, 6) is -1.12. The average Bonchev–Trinajstić information content (AvgIpc) is 2.80. The van der Waals surface area contributed by atoms with Gasteiger partial charge in [-0.3, -0.25) is 9.10 Å². The molecule has 3 aromatic carbocycles. The van der Waals surface area contributed by atoms with Gasteiger partial charge in [0.15, 0.2) is 0 Å². The fraction of sp³-hybridized carbons (Fsp3) is 0.200. The van der Waals surface area contributed by atoms with Crippen LogP contribution in [-0.4, -0.2) is 33.4 Å². The molecule has 7 nitrogen and oxygen atoms in total. The van der Waals surface area contributed by atoms with Gasteiger partial charge < -0.3 is 10.1 Å². The molecule has 1 N–H and O–H groups in total. The number of rotatable bonds is 8. The van der Waals surface area contributed by atoms with E-state index in [1.807, 2.05) is 13.0 Å². The molecule has 9 heteroatoms. The third kappa shape index (κ3) is 5.76. The van der Waals surface area contributed by atoms with Gasteiger partial charge in [0.1, 0.15) is 6.54 Å². The highest BCUT2D eigenvalue weighted by Gasteiger charge is 2.28. The van der Waals surface area contributed by atoms with E-state index in [0.29, 0.717) is 11.3 Å². The van der Waals surface area contributed by atoms with Gasteiger partial charge in [0.05, 0.1) is 33.5 Å². The van der Waals surface area contributed by atoms with E-state index in [1.165, 1.54) is 30.3 Å². The van der Waals surface area contributed by atoms with Crippen molar-refractivity contribution in [3.63, 3.8) is 0 Å². The lowest BCUT2D eigenvalue weighted by Gasteiger charge is -2.26. The highest BCUT2D eigenvalue weighted by Crippen LogP contribution is 2.28. The Morgan fingerprint density at radius 1 is 1.00 bits per heavy atom. The number of hydrogen-bond acceptors (Lipinski definition) is 5. The first-order valence-corrected chi connectivity index (χ1v) is 12.4. The van der Waals surface area contributed by atoms with Crippen molar-refractivity contribution >= 4 is 44.9 Å². The summed E-state index contributed by atoms with van der Waals surface area (Å²) in [7, 11) is -4.03. The molecule has 0 radical (unpaired) electrons. The molecule has 0 atom stereocenters. The highest BCUT2D eigenvalue weighted by molar-refractivity contribution is 7.92. The zero-order valence-electron chi connectivity index (χ0n) is 19.0. The van der Waals surface area contributed by atoms with Crippen LogP contribution >= 0.6 is 11.6 Å². The summed E-state index contributed by atoms with van der Waals surface area (Å²) in [6.07, 6.45) is 0. The van der Waals surface area contributed by atoms with Crippen molar-refractivity contribution in [1.29, 1.82) is 0 Å². The molecule has 0 aliphatic carbocycles. The molecule has 3 rings (SSSR count). The van der Waals surface area contributed by atoms with Crippen LogP contribution in [0.1, 0.15) is 28.4 Å². The molecule has 178 valence electrons. The minimum atomic E-state index is -4.03. The van der Waals surface area contributed by atoms with Crippen LogP contribution < -0.4 is 9.62 Å². The van der Waals surface area contributed by atoms with Crippen molar-refractivity contribution in [2.75, 3.05) is 22.8 Å². The van der Waals surface area contributed by atoms with E-state index >= 15 is 0 Å². The number of carbonyl (C=O) groups excluding carboxylic acids is 2. The maximum atomic E-state index is 13.5. The lowest BCUT2D eigenvalue weighted by Crippen LogP contribution is -2.38. The van der Waals surface area contributed by atoms with Crippen LogP contribution in [0.5, 0.6) is 0 Å². The van der Waals surface area contributed by atoms with Crippen LogP contribution in [0.3, 0.4) is 0 Å². The van der Waals surface area contributed by atoms with Crippen LogP contribution in [0.25, 0.3) is 0 Å². The number of nitrogens with one attached hydrogen (secondary N) is 1. The molecule has 1 amide bonds. The molecule has 0 saturated heterocycles. The van der Waals surface area contributed by atoms with Crippen LogP contribution in [0.2, 0.25) is 5.02 Å². The molecule has 0 fully saturated rings. The summed E-state index contributed by atoms with van der Waals surface area (Å²) < 4.78 is 33.0. The predicted molar refractivity (Wildman–Crippen MR) is 133 cm³/mol. The van der Waals surface area contributed by atoms with Gasteiger partial charge in [-0.05, 0) is 62.7 Å². The topological polar surface area (TPSA) is 92.8 Å². The summed E-state index contributed by atoms with van der Waals surface area (Å²) in [5, 5.41) is 2.76. The zero-order chi connectivity index (χ0) is 24.9. The van der Waals surface area contributed by atoms with Gasteiger partial charge in [0.25, 0.3) is 10.0 Å². The number of esters is 1. The predicted octanol–water partition coefficient (Wildman–Crippen LogP) is 4.97. The second-order valence-electron chi connectivity index (χ2n) is 7.58. The van der Waals surface area contributed by atoms with E-state index in [2.05, 4.69) is 5.32 Å². The number of ether oxygens (including phenoxy) is 1. The minimum absolute atomic E-state index is 0.0691. The maximum Gasteiger partial charge on any atom is 0.338 e. The van der Waals surface area contributed by atoms with Gasteiger partial charge in [-0.1, -0.05) is 47.5 Å². The molecule has 0 aliphatic heterocycles. The molecule has 34 heavy (non-hydrogen) atoms. The van der Waals surface area contributed by atoms with Crippen molar-refractivity contribution in [2.45, 2.75) is 25.7 Å². The Bertz CT molecular complexity index is 1310. The monoisotopic (exact) mass is 500 g/mol. The standard InChI is InChI=1S/C25H25ClN2O5S/c1-4-33-25(30)19-11-12-22(21(26)15-19)27-24(29)16-28(23-13-10-17(2)14-18(23)3)34(31,32)20-8-6-5-7-9-20/h5-15H,4,16H2,1-3H3,(H,27,29). The molecule has 0 bridgehead atoms. The van der Waals surface area contributed by atoms with Gasteiger partial charge in [0, 0.05) is 0 Å². The van der Waals surface area contributed by atoms with Gasteiger partial charge >= 0.3 is 5.97 Å². The number of aryl methyl sites for hydroxylation is 2. The maximum absolute atomic E-state index is 13.5. The van der Waals surface area contributed by atoms with E-state index in [1.54, 1.807) is 44.2 Å².